The Morgan fingerprint density at radius 3 is 2.69 bits per heavy atom. The first kappa shape index (κ1) is 22.7. The number of aromatic nitrogens is 1. The van der Waals surface area contributed by atoms with Crippen molar-refractivity contribution in [2.75, 3.05) is 13.8 Å². The summed E-state index contributed by atoms with van der Waals surface area (Å²) >= 11 is 0. The topological polar surface area (TPSA) is 74.0 Å². The average molecular weight is 484 g/mol. The normalized spacial score (nSPS) is 13.8. The predicted molar refractivity (Wildman–Crippen MR) is 120 cm³/mol. The Bertz CT molecular complexity index is 1440. The maximum atomic E-state index is 14.0. The van der Waals surface area contributed by atoms with Gasteiger partial charge in [-0.3, -0.25) is 14.7 Å². The van der Waals surface area contributed by atoms with Gasteiger partial charge in [-0.2, -0.15) is 13.2 Å². The molecule has 0 radical (unpaired) electrons. The maximum Gasteiger partial charge on any atom is 0.453 e. The first-order valence-corrected chi connectivity index (χ1v) is 10.6. The molecule has 0 atom stereocenters. The number of hydrogen-bond acceptors (Lipinski definition) is 7. The van der Waals surface area contributed by atoms with Gasteiger partial charge in [0, 0.05) is 31.5 Å². The van der Waals surface area contributed by atoms with Gasteiger partial charge in [0.2, 0.25) is 11.2 Å². The second-order valence-corrected chi connectivity index (χ2v) is 7.91. The van der Waals surface area contributed by atoms with E-state index in [0.717, 1.165) is 5.56 Å². The summed E-state index contributed by atoms with van der Waals surface area (Å²) in [6, 6.07) is 12.5. The molecule has 35 heavy (non-hydrogen) atoms. The molecule has 0 aliphatic carbocycles. The SMILES string of the molecule is COc1cccc(Oc2c(C(F)(F)F)oc3c4c(ccc3c2=O)OCN(Cc2cccnc2)C4)c1. The van der Waals surface area contributed by atoms with Gasteiger partial charge in [-0.15, -0.1) is 0 Å². The number of pyridine rings is 1. The highest BCUT2D eigenvalue weighted by atomic mass is 19.4. The molecule has 0 amide bonds. The fraction of sp³-hybridized carbons (Fsp3) is 0.200. The zero-order chi connectivity index (χ0) is 24.6. The van der Waals surface area contributed by atoms with Gasteiger partial charge < -0.3 is 18.6 Å². The second-order valence-electron chi connectivity index (χ2n) is 7.91. The summed E-state index contributed by atoms with van der Waals surface area (Å²) in [5.41, 5.74) is 0.140. The molecule has 1 aliphatic rings. The molecule has 0 N–H and O–H groups in total. The van der Waals surface area contributed by atoms with Crippen LogP contribution in [0.5, 0.6) is 23.0 Å². The highest BCUT2D eigenvalue weighted by Gasteiger charge is 2.41. The number of hydrogen-bond donors (Lipinski definition) is 0. The standard InChI is InChI=1S/C25H19F3N2O5/c1-32-16-5-2-6-17(10-16)34-23-21(31)18-7-8-20-19(22(18)35-24(23)25(26,27)28)13-30(14-33-20)12-15-4-3-9-29-11-15/h2-11H,12-14H2,1H3. The zero-order valence-electron chi connectivity index (χ0n) is 18.5. The number of benzene rings is 2. The Morgan fingerprint density at radius 1 is 1.11 bits per heavy atom. The Kier molecular flexibility index (Phi) is 5.81. The van der Waals surface area contributed by atoms with Crippen molar-refractivity contribution >= 4 is 11.0 Å². The van der Waals surface area contributed by atoms with Crippen molar-refractivity contribution in [3.05, 3.63) is 88.0 Å². The number of alkyl halides is 3. The molecule has 4 aromatic rings. The van der Waals surface area contributed by atoms with Crippen molar-refractivity contribution in [3.63, 3.8) is 0 Å². The minimum Gasteiger partial charge on any atom is -0.497 e. The summed E-state index contributed by atoms with van der Waals surface area (Å²) in [7, 11) is 1.41. The van der Waals surface area contributed by atoms with Crippen LogP contribution in [0.3, 0.4) is 0 Å². The van der Waals surface area contributed by atoms with E-state index in [9.17, 15) is 18.0 Å². The van der Waals surface area contributed by atoms with Crippen molar-refractivity contribution in [1.82, 2.24) is 9.88 Å². The van der Waals surface area contributed by atoms with E-state index in [1.165, 1.54) is 31.4 Å². The Morgan fingerprint density at radius 2 is 1.94 bits per heavy atom. The van der Waals surface area contributed by atoms with Crippen LogP contribution >= 0.6 is 0 Å². The predicted octanol–water partition coefficient (Wildman–Crippen LogP) is 5.36. The van der Waals surface area contributed by atoms with E-state index in [1.54, 1.807) is 30.6 Å². The molecule has 7 nitrogen and oxygen atoms in total. The number of fused-ring (bicyclic) bond motifs is 3. The largest absolute Gasteiger partial charge is 0.497 e. The van der Waals surface area contributed by atoms with Gasteiger partial charge in [-0.1, -0.05) is 12.1 Å². The van der Waals surface area contributed by atoms with Gasteiger partial charge in [0.15, 0.2) is 0 Å². The molecule has 0 fully saturated rings. The molecule has 180 valence electrons. The lowest BCUT2D eigenvalue weighted by molar-refractivity contribution is -0.154. The van der Waals surface area contributed by atoms with Crippen LogP contribution in [-0.2, 0) is 19.3 Å². The Hall–Kier alpha value is -4.05. The van der Waals surface area contributed by atoms with Gasteiger partial charge in [-0.05, 0) is 35.9 Å². The van der Waals surface area contributed by atoms with Gasteiger partial charge >= 0.3 is 6.18 Å². The lowest BCUT2D eigenvalue weighted by Crippen LogP contribution is -2.32. The molecule has 0 unspecified atom stereocenters. The molecular formula is C25H19F3N2O5. The molecule has 0 saturated carbocycles. The minimum absolute atomic E-state index is 0.00504. The quantitative estimate of drug-likeness (QED) is 0.378. The van der Waals surface area contributed by atoms with Crippen molar-refractivity contribution in [2.24, 2.45) is 0 Å². The number of halogens is 3. The third kappa shape index (κ3) is 4.52. The van der Waals surface area contributed by atoms with Gasteiger partial charge in [0.25, 0.3) is 5.76 Å². The van der Waals surface area contributed by atoms with E-state index in [1.807, 2.05) is 11.0 Å². The van der Waals surface area contributed by atoms with Gasteiger partial charge in [-0.25, -0.2) is 0 Å². The lowest BCUT2D eigenvalue weighted by atomic mass is 10.1. The highest BCUT2D eigenvalue weighted by molar-refractivity contribution is 5.84. The first-order valence-electron chi connectivity index (χ1n) is 10.6. The monoisotopic (exact) mass is 484 g/mol. The van der Waals surface area contributed by atoms with Crippen molar-refractivity contribution in [3.8, 4) is 23.0 Å². The van der Waals surface area contributed by atoms with Crippen LogP contribution in [0.15, 0.2) is 70.1 Å². The Labute approximate surface area is 197 Å². The van der Waals surface area contributed by atoms with E-state index in [0.29, 0.717) is 23.6 Å². The number of ether oxygens (including phenoxy) is 3. The van der Waals surface area contributed by atoms with Crippen LogP contribution in [0.1, 0.15) is 16.9 Å². The van der Waals surface area contributed by atoms with Crippen LogP contribution in [0.4, 0.5) is 13.2 Å². The molecule has 5 rings (SSSR count). The Balaban J connectivity index is 1.60. The molecular weight excluding hydrogens is 465 g/mol. The minimum atomic E-state index is -4.98. The third-order valence-corrected chi connectivity index (χ3v) is 5.51. The first-order chi connectivity index (χ1) is 16.8. The maximum absolute atomic E-state index is 14.0. The highest BCUT2D eigenvalue weighted by Crippen LogP contribution is 2.41. The van der Waals surface area contributed by atoms with E-state index < -0.39 is 23.1 Å². The summed E-state index contributed by atoms with van der Waals surface area (Å²) in [6.07, 6.45) is -1.63. The molecule has 10 heteroatoms. The molecule has 2 aromatic heterocycles. The second kappa shape index (κ2) is 8.95. The number of nitrogens with zero attached hydrogens (tertiary/aromatic N) is 2. The van der Waals surface area contributed by atoms with E-state index in [2.05, 4.69) is 4.98 Å². The van der Waals surface area contributed by atoms with E-state index >= 15 is 0 Å². The van der Waals surface area contributed by atoms with Crippen LogP contribution < -0.4 is 19.6 Å². The molecule has 0 spiro atoms. The van der Waals surface area contributed by atoms with Crippen LogP contribution in [0.2, 0.25) is 0 Å². The smallest absolute Gasteiger partial charge is 0.453 e. The van der Waals surface area contributed by atoms with Crippen molar-refractivity contribution < 1.29 is 31.8 Å². The fourth-order valence-corrected chi connectivity index (χ4v) is 3.91. The molecule has 0 bridgehead atoms. The summed E-state index contributed by atoms with van der Waals surface area (Å²) in [5.74, 6) is -1.73. The fourth-order valence-electron chi connectivity index (χ4n) is 3.91. The number of rotatable bonds is 5. The van der Waals surface area contributed by atoms with E-state index in [-0.39, 0.29) is 30.0 Å². The van der Waals surface area contributed by atoms with Crippen molar-refractivity contribution in [1.29, 1.82) is 0 Å². The van der Waals surface area contributed by atoms with Crippen LogP contribution in [0, 0.1) is 0 Å². The number of methoxy groups -OCH3 is 1. The van der Waals surface area contributed by atoms with E-state index in [4.69, 9.17) is 18.6 Å². The van der Waals surface area contributed by atoms with Gasteiger partial charge in [0.05, 0.1) is 18.1 Å². The summed E-state index contributed by atoms with van der Waals surface area (Å²) in [4.78, 5) is 19.2. The molecule has 1 aliphatic heterocycles. The molecule has 2 aromatic carbocycles. The third-order valence-electron chi connectivity index (χ3n) is 5.51. The molecule has 0 saturated heterocycles. The van der Waals surface area contributed by atoms with Crippen molar-refractivity contribution in [2.45, 2.75) is 19.3 Å². The summed E-state index contributed by atoms with van der Waals surface area (Å²) < 4.78 is 63.6. The zero-order valence-corrected chi connectivity index (χ0v) is 18.5. The summed E-state index contributed by atoms with van der Waals surface area (Å²) in [5, 5.41) is -0.0403. The average Bonchev–Trinajstić information content (AvgIpc) is 2.85. The molecule has 3 heterocycles. The van der Waals surface area contributed by atoms with Crippen LogP contribution in [0.25, 0.3) is 11.0 Å². The van der Waals surface area contributed by atoms with Crippen LogP contribution in [-0.4, -0.2) is 23.7 Å². The summed E-state index contributed by atoms with van der Waals surface area (Å²) in [6.45, 7) is 0.899. The lowest BCUT2D eigenvalue weighted by Gasteiger charge is -2.29. The van der Waals surface area contributed by atoms with Gasteiger partial charge in [0.1, 0.15) is 29.6 Å².